The van der Waals surface area contributed by atoms with E-state index in [4.69, 9.17) is 0 Å². The van der Waals surface area contributed by atoms with Gasteiger partial charge in [-0.3, -0.25) is 0 Å². The number of hydrogen-bond donors (Lipinski definition) is 0. The van der Waals surface area contributed by atoms with Gasteiger partial charge in [0.05, 0.1) is 0 Å². The molecule has 3 nitrogen and oxygen atoms in total. The molecule has 0 fully saturated rings. The third-order valence-electron chi connectivity index (χ3n) is 0. The van der Waals surface area contributed by atoms with Gasteiger partial charge in [-0.15, -0.1) is 18.3 Å². The van der Waals surface area contributed by atoms with Crippen molar-refractivity contribution >= 4 is 17.4 Å². The molecule has 0 heterocycles. The van der Waals surface area contributed by atoms with Crippen molar-refractivity contribution in [1.29, 1.82) is 0 Å². The van der Waals surface area contributed by atoms with E-state index in [2.05, 4.69) is 0 Å². The Labute approximate surface area is 131 Å². The molecule has 14 heavy (non-hydrogen) atoms. The standard InChI is InChI=1S/3C3H7O.Al.Gd/c3*1-3(2)4;;/h3*3H,1-2H3;;/q3*-1;+3;. The molecule has 0 rings (SSSR count). The first kappa shape index (κ1) is 29.6. The molecule has 0 aliphatic carbocycles. The predicted octanol–water partition coefficient (Wildman–Crippen LogP) is -1.12. The molecule has 0 bridgehead atoms. The van der Waals surface area contributed by atoms with Gasteiger partial charge in [0.25, 0.3) is 0 Å². The topological polar surface area (TPSA) is 69.2 Å². The summed E-state index contributed by atoms with van der Waals surface area (Å²) in [6, 6.07) is 0. The van der Waals surface area contributed by atoms with E-state index < -0.39 is 18.3 Å². The van der Waals surface area contributed by atoms with Crippen LogP contribution < -0.4 is 15.3 Å². The van der Waals surface area contributed by atoms with Crippen LogP contribution in [0.5, 0.6) is 0 Å². The average Bonchev–Trinajstić information content (AvgIpc) is 1.54. The van der Waals surface area contributed by atoms with Gasteiger partial charge in [0.15, 0.2) is 0 Å². The first-order valence-corrected chi connectivity index (χ1v) is 4.17. The van der Waals surface area contributed by atoms with Crippen molar-refractivity contribution in [3.05, 3.63) is 0 Å². The summed E-state index contributed by atoms with van der Waals surface area (Å²) >= 11 is 0. The minimum atomic E-state index is -0.417. The van der Waals surface area contributed by atoms with Gasteiger partial charge in [-0.25, -0.2) is 0 Å². The fourth-order valence-corrected chi connectivity index (χ4v) is 0. The van der Waals surface area contributed by atoms with Crippen LogP contribution in [0, 0.1) is 39.9 Å². The largest absolute Gasteiger partial charge is 3.00 e. The van der Waals surface area contributed by atoms with Crippen LogP contribution in [0.15, 0.2) is 0 Å². The summed E-state index contributed by atoms with van der Waals surface area (Å²) < 4.78 is 0. The van der Waals surface area contributed by atoms with Gasteiger partial charge in [0, 0.05) is 39.9 Å². The molecule has 0 saturated heterocycles. The molecule has 5 heteroatoms. The molecule has 0 spiro atoms. The molecule has 0 saturated carbocycles. The van der Waals surface area contributed by atoms with Crippen molar-refractivity contribution in [1.82, 2.24) is 0 Å². The quantitative estimate of drug-likeness (QED) is 0.514. The first-order chi connectivity index (χ1) is 5.20. The maximum absolute atomic E-state index is 9.53. The third-order valence-corrected chi connectivity index (χ3v) is 0. The SMILES string of the molecule is CC(C)[O-].CC(C)[O-].CC(C)[O-].[Al+3].[Gd]. The van der Waals surface area contributed by atoms with Gasteiger partial charge in [0.2, 0.25) is 0 Å². The van der Waals surface area contributed by atoms with Gasteiger partial charge in [-0.2, -0.15) is 0 Å². The third kappa shape index (κ3) is 739. The zero-order valence-corrected chi connectivity index (χ0v) is 13.3. The molecule has 0 atom stereocenters. The van der Waals surface area contributed by atoms with Gasteiger partial charge in [-0.1, -0.05) is 41.5 Å². The number of hydrogen-bond acceptors (Lipinski definition) is 3. The fraction of sp³-hybridized carbons (Fsp3) is 1.00. The van der Waals surface area contributed by atoms with Crippen LogP contribution in [0.2, 0.25) is 0 Å². The van der Waals surface area contributed by atoms with Crippen LogP contribution in [0.1, 0.15) is 41.5 Å². The Hall–Kier alpha value is 1.74. The second-order valence-electron chi connectivity index (χ2n) is 3.15. The van der Waals surface area contributed by atoms with Crippen molar-refractivity contribution in [3.8, 4) is 0 Å². The Balaban J connectivity index is -0.0000000270. The van der Waals surface area contributed by atoms with Crippen molar-refractivity contribution in [2.75, 3.05) is 0 Å². The first-order valence-electron chi connectivity index (χ1n) is 4.17. The molecule has 0 N–H and O–H groups in total. The van der Waals surface area contributed by atoms with E-state index in [1.165, 1.54) is 0 Å². The smallest absolute Gasteiger partial charge is 0.852 e. The summed E-state index contributed by atoms with van der Waals surface area (Å²) in [6.07, 6.45) is -1.25. The molecule has 0 aromatic heterocycles. The van der Waals surface area contributed by atoms with Crippen molar-refractivity contribution in [3.63, 3.8) is 0 Å². The molecule has 0 aliphatic heterocycles. The van der Waals surface area contributed by atoms with E-state index in [0.717, 1.165) is 0 Å². The summed E-state index contributed by atoms with van der Waals surface area (Å²) in [7, 11) is 0. The number of rotatable bonds is 0. The molecular formula is C9H21AlGdO3. The minimum absolute atomic E-state index is 0. The molecule has 0 amide bonds. The predicted molar refractivity (Wildman–Crippen MR) is 51.2 cm³/mol. The van der Waals surface area contributed by atoms with E-state index in [1.54, 1.807) is 41.5 Å². The summed E-state index contributed by atoms with van der Waals surface area (Å²) in [5, 5.41) is 28.6. The van der Waals surface area contributed by atoms with E-state index in [1.807, 2.05) is 0 Å². The summed E-state index contributed by atoms with van der Waals surface area (Å²) in [5.74, 6) is 0. The minimum Gasteiger partial charge on any atom is -0.852 e. The molecule has 0 aromatic carbocycles. The molecule has 0 unspecified atom stereocenters. The van der Waals surface area contributed by atoms with Crippen LogP contribution in [0.4, 0.5) is 0 Å². The molecule has 0 aromatic rings. The van der Waals surface area contributed by atoms with Crippen molar-refractivity contribution in [2.24, 2.45) is 0 Å². The second-order valence-corrected chi connectivity index (χ2v) is 3.15. The van der Waals surface area contributed by atoms with Gasteiger partial charge < -0.3 is 15.3 Å². The molecular weight excluding hydrogens is 340 g/mol. The Morgan fingerprint density at radius 1 is 0.571 bits per heavy atom. The Kier molecular flexibility index (Phi) is 51.1. The monoisotopic (exact) mass is 362 g/mol. The zero-order chi connectivity index (χ0) is 10.7. The van der Waals surface area contributed by atoms with Crippen LogP contribution in [-0.4, -0.2) is 35.7 Å². The summed E-state index contributed by atoms with van der Waals surface area (Å²) in [5.41, 5.74) is 0. The van der Waals surface area contributed by atoms with Crippen LogP contribution in [0.25, 0.3) is 0 Å². The summed E-state index contributed by atoms with van der Waals surface area (Å²) in [4.78, 5) is 0. The maximum atomic E-state index is 9.53. The van der Waals surface area contributed by atoms with Crippen LogP contribution >= 0.6 is 0 Å². The summed E-state index contributed by atoms with van der Waals surface area (Å²) in [6.45, 7) is 9.67. The second kappa shape index (κ2) is 24.1. The Morgan fingerprint density at radius 3 is 0.571 bits per heavy atom. The average molecular weight is 361 g/mol. The van der Waals surface area contributed by atoms with Gasteiger partial charge >= 0.3 is 17.4 Å². The zero-order valence-electron chi connectivity index (χ0n) is 9.89. The molecule has 86 valence electrons. The molecule has 0 aliphatic rings. The van der Waals surface area contributed by atoms with Gasteiger partial charge in [-0.05, 0) is 0 Å². The van der Waals surface area contributed by atoms with Crippen molar-refractivity contribution in [2.45, 2.75) is 59.9 Å². The Morgan fingerprint density at radius 2 is 0.571 bits per heavy atom. The van der Waals surface area contributed by atoms with Crippen molar-refractivity contribution < 1.29 is 55.3 Å². The van der Waals surface area contributed by atoms with E-state index in [-0.39, 0.29) is 57.3 Å². The van der Waals surface area contributed by atoms with Crippen LogP contribution in [0.3, 0.4) is 0 Å². The maximum Gasteiger partial charge on any atom is 3.00 e. The van der Waals surface area contributed by atoms with E-state index >= 15 is 0 Å². The van der Waals surface area contributed by atoms with Gasteiger partial charge in [0.1, 0.15) is 0 Å². The normalized spacial score (nSPS) is 7.71. The van der Waals surface area contributed by atoms with E-state index in [9.17, 15) is 15.3 Å². The van der Waals surface area contributed by atoms with E-state index in [0.29, 0.717) is 0 Å². The fourth-order valence-electron chi connectivity index (χ4n) is 0. The Bertz CT molecular complexity index is 48.5. The van der Waals surface area contributed by atoms with Crippen LogP contribution in [-0.2, 0) is 0 Å². The molecule has 0 radical (unpaired) electrons.